The molecule has 0 aromatic heterocycles. The first-order valence-electron chi connectivity index (χ1n) is 17.0. The molecule has 1 atom stereocenters. The number of nitrogens with zero attached hydrogens (tertiary/aromatic N) is 2. The number of nitro benzene ring substituents is 2. The average molecular weight is 914 g/mol. The van der Waals surface area contributed by atoms with Crippen molar-refractivity contribution in [1.82, 2.24) is 0 Å². The van der Waals surface area contributed by atoms with E-state index < -0.39 is 62.2 Å². The summed E-state index contributed by atoms with van der Waals surface area (Å²) in [7, 11) is 0. The lowest BCUT2D eigenvalue weighted by Crippen LogP contribution is -2.13. The Kier molecular flexibility index (Phi) is 18.2. The number of esters is 2. The summed E-state index contributed by atoms with van der Waals surface area (Å²) in [6.07, 6.45) is -8.46. The van der Waals surface area contributed by atoms with Crippen LogP contribution in [-0.2, 0) is 26.6 Å². The van der Waals surface area contributed by atoms with Gasteiger partial charge in [-0.1, -0.05) is 23.2 Å². The first-order valence-corrected chi connectivity index (χ1v) is 18.3. The normalized spacial score (nSPS) is 11.8. The molecule has 0 fully saturated rings. The number of hydrogen-bond acceptors (Lipinski definition) is 13. The molecule has 0 saturated heterocycles. The van der Waals surface area contributed by atoms with Crippen molar-refractivity contribution in [3.63, 3.8) is 0 Å². The molecule has 1 N–H and O–H groups in total. The van der Waals surface area contributed by atoms with Gasteiger partial charge in [-0.15, -0.1) is 0 Å². The molecule has 1 unspecified atom stereocenters. The van der Waals surface area contributed by atoms with Gasteiger partial charge in [0, 0.05) is 42.7 Å². The summed E-state index contributed by atoms with van der Waals surface area (Å²) in [6, 6.07) is 11.4. The number of aliphatic hydroxyl groups excluding tert-OH is 1. The van der Waals surface area contributed by atoms with Crippen molar-refractivity contribution >= 4 is 59.1 Å². The predicted octanol–water partition coefficient (Wildman–Crippen LogP) is 10.5. The van der Waals surface area contributed by atoms with Crippen LogP contribution < -0.4 is 9.47 Å². The number of hydrogen-bond donors (Lipinski definition) is 2. The molecule has 0 amide bonds. The highest BCUT2D eigenvalue weighted by Gasteiger charge is 2.32. The van der Waals surface area contributed by atoms with Gasteiger partial charge < -0.3 is 28.8 Å². The van der Waals surface area contributed by atoms with Gasteiger partial charge in [-0.05, 0) is 68.3 Å². The minimum atomic E-state index is -4.59. The van der Waals surface area contributed by atoms with Crippen LogP contribution in [-0.4, -0.2) is 65.2 Å². The van der Waals surface area contributed by atoms with E-state index >= 15 is 0 Å². The molecule has 0 aliphatic rings. The van der Waals surface area contributed by atoms with Gasteiger partial charge in [0.25, 0.3) is 11.4 Å². The molecule has 0 aliphatic heterocycles. The Morgan fingerprint density at radius 3 is 1.50 bits per heavy atom. The van der Waals surface area contributed by atoms with Gasteiger partial charge in [0.2, 0.25) is 0 Å². The predicted molar refractivity (Wildman–Crippen MR) is 205 cm³/mol. The van der Waals surface area contributed by atoms with Crippen molar-refractivity contribution in [3.05, 3.63) is 125 Å². The number of nitro groups is 2. The van der Waals surface area contributed by atoms with Gasteiger partial charge in [0.1, 0.15) is 40.7 Å². The zero-order chi connectivity index (χ0) is 44.8. The zero-order valence-electron chi connectivity index (χ0n) is 30.8. The van der Waals surface area contributed by atoms with Crippen molar-refractivity contribution in [2.75, 3.05) is 33.0 Å². The fraction of sp³-hybridized carbons (Fsp3) is 0.297. The van der Waals surface area contributed by atoms with E-state index in [0.29, 0.717) is 31.6 Å². The molecule has 4 aromatic rings. The number of benzene rings is 4. The lowest BCUT2D eigenvalue weighted by atomic mass is 10.1. The van der Waals surface area contributed by atoms with E-state index in [2.05, 4.69) is 12.6 Å². The Labute approximate surface area is 351 Å². The maximum Gasteiger partial charge on any atom is 0.416 e. The maximum absolute atomic E-state index is 12.8. The fourth-order valence-electron chi connectivity index (χ4n) is 4.65. The van der Waals surface area contributed by atoms with E-state index in [1.165, 1.54) is 12.1 Å². The number of halogens is 8. The topological polar surface area (TPSA) is 187 Å². The number of alkyl halides is 6. The average Bonchev–Trinajstić information content (AvgIpc) is 3.17. The van der Waals surface area contributed by atoms with Crippen molar-refractivity contribution in [3.8, 4) is 23.0 Å². The van der Waals surface area contributed by atoms with Gasteiger partial charge in [-0.3, -0.25) is 20.2 Å². The van der Waals surface area contributed by atoms with E-state index in [1.807, 2.05) is 0 Å². The second kappa shape index (κ2) is 22.3. The molecule has 324 valence electrons. The Bertz CT molecular complexity index is 2160. The van der Waals surface area contributed by atoms with Crippen LogP contribution in [0, 0.1) is 20.2 Å². The van der Waals surface area contributed by atoms with E-state index in [-0.39, 0.29) is 70.3 Å². The molecular weight excluding hydrogens is 881 g/mol. The number of aliphatic hydroxyl groups is 1. The second-order valence-electron chi connectivity index (χ2n) is 11.8. The van der Waals surface area contributed by atoms with Crippen LogP contribution in [0.2, 0.25) is 10.0 Å². The van der Waals surface area contributed by atoms with Crippen LogP contribution >= 0.6 is 35.8 Å². The van der Waals surface area contributed by atoms with Crippen molar-refractivity contribution < 1.29 is 74.6 Å². The molecule has 4 aromatic carbocycles. The largest absolute Gasteiger partial charge is 0.462 e. The molecule has 0 bridgehead atoms. The van der Waals surface area contributed by atoms with Crippen molar-refractivity contribution in [2.24, 2.45) is 0 Å². The summed E-state index contributed by atoms with van der Waals surface area (Å²) in [5, 5.41) is 30.4. The van der Waals surface area contributed by atoms with Crippen LogP contribution in [0.15, 0.2) is 72.8 Å². The van der Waals surface area contributed by atoms with Crippen LogP contribution in [0.1, 0.15) is 51.6 Å². The zero-order valence-corrected chi connectivity index (χ0v) is 33.2. The molecule has 0 radical (unpaired) electrons. The Hall–Kier alpha value is -5.35. The number of thiol groups is 1. The minimum absolute atomic E-state index is 0.0472. The van der Waals surface area contributed by atoms with Crippen LogP contribution in [0.5, 0.6) is 23.0 Å². The molecule has 60 heavy (non-hydrogen) atoms. The number of rotatable bonds is 17. The molecule has 0 spiro atoms. The van der Waals surface area contributed by atoms with Gasteiger partial charge in [0.05, 0.1) is 44.2 Å². The van der Waals surface area contributed by atoms with Gasteiger partial charge in [0.15, 0.2) is 0 Å². The monoisotopic (exact) mass is 912 g/mol. The number of carbonyl (C=O) groups is 2. The Balaban J connectivity index is 0.000000321. The molecule has 23 heteroatoms. The van der Waals surface area contributed by atoms with Crippen molar-refractivity contribution in [2.45, 2.75) is 37.4 Å². The van der Waals surface area contributed by atoms with Gasteiger partial charge >= 0.3 is 24.3 Å². The highest BCUT2D eigenvalue weighted by Crippen LogP contribution is 2.39. The van der Waals surface area contributed by atoms with Gasteiger partial charge in [-0.2, -0.15) is 39.0 Å². The third-order valence-corrected chi connectivity index (χ3v) is 8.66. The molecule has 0 heterocycles. The van der Waals surface area contributed by atoms with E-state index in [0.717, 1.165) is 48.5 Å². The highest BCUT2D eigenvalue weighted by atomic mass is 35.5. The molecule has 14 nitrogen and oxygen atoms in total. The summed E-state index contributed by atoms with van der Waals surface area (Å²) >= 11 is 15.9. The summed E-state index contributed by atoms with van der Waals surface area (Å²) in [4.78, 5) is 45.4. The summed E-state index contributed by atoms with van der Waals surface area (Å²) in [6.45, 7) is 2.00. The number of carbonyl (C=O) groups excluding carboxylic acids is 2. The van der Waals surface area contributed by atoms with E-state index in [1.54, 1.807) is 6.92 Å². The summed E-state index contributed by atoms with van der Waals surface area (Å²) in [5.41, 5.74) is -3.76. The first-order chi connectivity index (χ1) is 28.2. The third-order valence-electron chi connectivity index (χ3n) is 7.55. The van der Waals surface area contributed by atoms with Crippen LogP contribution in [0.3, 0.4) is 0 Å². The first kappa shape index (κ1) is 49.0. The Morgan fingerprint density at radius 2 is 1.13 bits per heavy atom. The second-order valence-corrected chi connectivity index (χ2v) is 13.3. The third kappa shape index (κ3) is 14.7. The lowest BCUT2D eigenvalue weighted by molar-refractivity contribution is -0.385. The number of ether oxygens (including phenoxy) is 5. The fourth-order valence-corrected chi connectivity index (χ4v) is 5.31. The van der Waals surface area contributed by atoms with Gasteiger partial charge in [-0.25, -0.2) is 9.59 Å². The molecule has 0 aliphatic carbocycles. The van der Waals surface area contributed by atoms with Crippen LogP contribution in [0.25, 0.3) is 0 Å². The van der Waals surface area contributed by atoms with E-state index in [9.17, 15) is 56.2 Å². The standard InChI is InChI=1S/C19H17ClF3NO6S.C18H15ClF3NO6/c20-15-9-11(19(21,22)23)1-4-17(15)30-12-2-3-16(24(27)28)14(10-12)18(26)29-8-6-13(31)5-7-25;1-2-27-7-8-28-17(24)13-10-12(4-5-15(13)23(25)26)29-16-6-3-11(9-14(16)19)18(20,21)22/h1-4,9-10,13,25,31H,5-8H2;3-6,9-10H,2,7-8H2,1H3. The maximum atomic E-state index is 12.8. The Morgan fingerprint density at radius 1 is 0.700 bits per heavy atom. The summed E-state index contributed by atoms with van der Waals surface area (Å²) in [5.74, 6) is -2.32. The summed E-state index contributed by atoms with van der Waals surface area (Å²) < 4.78 is 102. The minimum Gasteiger partial charge on any atom is -0.462 e. The molecule has 4 rings (SSSR count). The molecular formula is C37H32Cl2F6N2O12S. The van der Waals surface area contributed by atoms with Crippen LogP contribution in [0.4, 0.5) is 37.7 Å². The SMILES string of the molecule is CCOCCOC(=O)c1cc(Oc2ccc(C(F)(F)F)cc2Cl)ccc1[N+](=O)[O-].O=C(OCCC(S)CCO)c1cc(Oc2ccc(C(F)(F)F)cc2Cl)ccc1[N+](=O)[O-]. The quantitative estimate of drug-likeness (QED) is 0.0255. The highest BCUT2D eigenvalue weighted by molar-refractivity contribution is 7.80. The lowest BCUT2D eigenvalue weighted by Gasteiger charge is -2.12. The van der Waals surface area contributed by atoms with E-state index in [4.69, 9.17) is 52.0 Å². The smallest absolute Gasteiger partial charge is 0.416 e. The molecule has 0 saturated carbocycles. The van der Waals surface area contributed by atoms with Crippen molar-refractivity contribution in [1.29, 1.82) is 0 Å².